The number of aryl methyl sites for hydroxylation is 3. The molecule has 2 aromatic carbocycles. The maximum absolute atomic E-state index is 6.19. The van der Waals surface area contributed by atoms with Gasteiger partial charge in [-0.1, -0.05) is 23.7 Å². The van der Waals surface area contributed by atoms with Crippen LogP contribution in [0.5, 0.6) is 0 Å². The molecule has 0 aliphatic carbocycles. The first-order chi connectivity index (χ1) is 9.54. The Kier molecular flexibility index (Phi) is 3.27. The van der Waals surface area contributed by atoms with E-state index in [9.17, 15) is 0 Å². The van der Waals surface area contributed by atoms with Crippen LogP contribution >= 0.6 is 11.6 Å². The summed E-state index contributed by atoms with van der Waals surface area (Å²) < 4.78 is 2.17. The van der Waals surface area contributed by atoms with Crippen molar-refractivity contribution < 1.29 is 0 Å². The molecular weight excluding hydrogens is 268 g/mol. The lowest BCUT2D eigenvalue weighted by atomic mass is 10.1. The summed E-state index contributed by atoms with van der Waals surface area (Å²) in [7, 11) is 0. The van der Waals surface area contributed by atoms with Crippen LogP contribution in [0.3, 0.4) is 0 Å². The van der Waals surface area contributed by atoms with Gasteiger partial charge in [0.2, 0.25) is 0 Å². The van der Waals surface area contributed by atoms with Gasteiger partial charge in [-0.25, -0.2) is 4.98 Å². The largest absolute Gasteiger partial charge is 0.326 e. The Hall–Kier alpha value is -1.80. The number of hydrogen-bond acceptors (Lipinski definition) is 1. The van der Waals surface area contributed by atoms with Gasteiger partial charge in [0.1, 0.15) is 0 Å². The highest BCUT2D eigenvalue weighted by Gasteiger charge is 2.06. The Bertz CT molecular complexity index is 787. The second kappa shape index (κ2) is 4.95. The van der Waals surface area contributed by atoms with Crippen molar-refractivity contribution in [2.24, 2.45) is 0 Å². The second-order valence-corrected chi connectivity index (χ2v) is 5.79. The number of nitrogens with zero attached hydrogens (tertiary/aromatic N) is 2. The van der Waals surface area contributed by atoms with Crippen LogP contribution in [0.25, 0.3) is 11.0 Å². The van der Waals surface area contributed by atoms with Crippen LogP contribution in [-0.2, 0) is 6.54 Å². The number of aromatic nitrogens is 2. The topological polar surface area (TPSA) is 17.8 Å². The fourth-order valence-corrected chi connectivity index (χ4v) is 2.57. The maximum Gasteiger partial charge on any atom is 0.0961 e. The van der Waals surface area contributed by atoms with Crippen molar-refractivity contribution in [1.29, 1.82) is 0 Å². The minimum Gasteiger partial charge on any atom is -0.326 e. The number of halogens is 1. The van der Waals surface area contributed by atoms with Crippen LogP contribution in [0.15, 0.2) is 36.7 Å². The van der Waals surface area contributed by atoms with Crippen LogP contribution in [0.4, 0.5) is 0 Å². The van der Waals surface area contributed by atoms with E-state index in [1.54, 1.807) is 0 Å². The van der Waals surface area contributed by atoms with Crippen molar-refractivity contribution in [2.45, 2.75) is 27.3 Å². The molecule has 0 atom stereocenters. The van der Waals surface area contributed by atoms with E-state index in [-0.39, 0.29) is 0 Å². The van der Waals surface area contributed by atoms with Crippen molar-refractivity contribution in [3.05, 3.63) is 63.9 Å². The molecule has 0 aliphatic rings. The number of fused-ring (bicyclic) bond motifs is 1. The third-order valence-corrected chi connectivity index (χ3v) is 4.23. The molecule has 1 heterocycles. The third-order valence-electron chi connectivity index (χ3n) is 3.83. The van der Waals surface area contributed by atoms with E-state index in [2.05, 4.69) is 47.7 Å². The molecule has 0 N–H and O–H groups in total. The molecule has 0 aliphatic heterocycles. The number of hydrogen-bond donors (Lipinski definition) is 0. The molecule has 1 aromatic heterocycles. The zero-order valence-electron chi connectivity index (χ0n) is 11.9. The SMILES string of the molecule is Cc1cc2ncn(Cc3ccc(C)c(Cl)c3)c2cc1C. The Balaban J connectivity index is 2.02. The first-order valence-electron chi connectivity index (χ1n) is 6.72. The quantitative estimate of drug-likeness (QED) is 0.669. The van der Waals surface area contributed by atoms with Gasteiger partial charge in [-0.2, -0.15) is 0 Å². The van der Waals surface area contributed by atoms with Gasteiger partial charge < -0.3 is 4.57 Å². The highest BCUT2D eigenvalue weighted by atomic mass is 35.5. The molecule has 0 radical (unpaired) electrons. The van der Waals surface area contributed by atoms with Gasteiger partial charge in [0.05, 0.1) is 17.4 Å². The molecule has 0 saturated carbocycles. The number of rotatable bonds is 2. The van der Waals surface area contributed by atoms with E-state index in [0.29, 0.717) is 0 Å². The second-order valence-electron chi connectivity index (χ2n) is 5.38. The first-order valence-corrected chi connectivity index (χ1v) is 7.09. The maximum atomic E-state index is 6.19. The molecule has 102 valence electrons. The summed E-state index contributed by atoms with van der Waals surface area (Å²) in [6.45, 7) is 7.06. The Morgan fingerprint density at radius 1 is 1.00 bits per heavy atom. The molecule has 0 amide bonds. The van der Waals surface area contributed by atoms with Crippen molar-refractivity contribution in [3.8, 4) is 0 Å². The zero-order chi connectivity index (χ0) is 14.3. The summed E-state index contributed by atoms with van der Waals surface area (Å²) in [5, 5.41) is 0.818. The standard InChI is InChI=1S/C17H17ClN2/c1-11-4-5-14(8-15(11)18)9-20-10-19-16-6-12(2)13(3)7-17(16)20/h4-8,10H,9H2,1-3H3. The van der Waals surface area contributed by atoms with Crippen LogP contribution < -0.4 is 0 Å². The van der Waals surface area contributed by atoms with Crippen LogP contribution in [0.1, 0.15) is 22.3 Å². The lowest BCUT2D eigenvalue weighted by molar-refractivity contribution is 0.824. The predicted octanol–water partition coefficient (Wildman–Crippen LogP) is 4.66. The Morgan fingerprint density at radius 3 is 2.50 bits per heavy atom. The van der Waals surface area contributed by atoms with E-state index in [1.807, 2.05) is 19.3 Å². The molecule has 0 bridgehead atoms. The highest BCUT2D eigenvalue weighted by molar-refractivity contribution is 6.31. The fourth-order valence-electron chi connectivity index (χ4n) is 2.37. The van der Waals surface area contributed by atoms with Crippen LogP contribution in [0, 0.1) is 20.8 Å². The van der Waals surface area contributed by atoms with Gasteiger partial charge in [-0.3, -0.25) is 0 Å². The normalized spacial score (nSPS) is 11.2. The minimum atomic E-state index is 0.791. The molecule has 0 saturated heterocycles. The van der Waals surface area contributed by atoms with Gasteiger partial charge in [0, 0.05) is 11.6 Å². The van der Waals surface area contributed by atoms with Crippen molar-refractivity contribution in [3.63, 3.8) is 0 Å². The van der Waals surface area contributed by atoms with E-state index >= 15 is 0 Å². The lowest BCUT2D eigenvalue weighted by Crippen LogP contribution is -1.98. The van der Waals surface area contributed by atoms with Crippen molar-refractivity contribution in [2.75, 3.05) is 0 Å². The summed E-state index contributed by atoms with van der Waals surface area (Å²) in [6.07, 6.45) is 1.90. The predicted molar refractivity (Wildman–Crippen MR) is 84.5 cm³/mol. The average molecular weight is 285 g/mol. The van der Waals surface area contributed by atoms with Gasteiger partial charge in [-0.05, 0) is 61.2 Å². The molecule has 3 aromatic rings. The van der Waals surface area contributed by atoms with Crippen LogP contribution in [0.2, 0.25) is 5.02 Å². The molecule has 0 spiro atoms. The van der Waals surface area contributed by atoms with E-state index in [4.69, 9.17) is 11.6 Å². The fraction of sp³-hybridized carbons (Fsp3) is 0.235. The summed E-state index contributed by atoms with van der Waals surface area (Å²) in [5.74, 6) is 0. The van der Waals surface area contributed by atoms with Gasteiger partial charge >= 0.3 is 0 Å². The molecular formula is C17H17ClN2. The zero-order valence-corrected chi connectivity index (χ0v) is 12.7. The molecule has 0 unspecified atom stereocenters. The lowest BCUT2D eigenvalue weighted by Gasteiger charge is -2.07. The van der Waals surface area contributed by atoms with Gasteiger partial charge in [-0.15, -0.1) is 0 Å². The highest BCUT2D eigenvalue weighted by Crippen LogP contribution is 2.21. The van der Waals surface area contributed by atoms with Gasteiger partial charge in [0.25, 0.3) is 0 Å². The van der Waals surface area contributed by atoms with Gasteiger partial charge in [0.15, 0.2) is 0 Å². The molecule has 3 heteroatoms. The van der Waals surface area contributed by atoms with E-state index in [1.165, 1.54) is 22.2 Å². The Labute approximate surface area is 124 Å². The van der Waals surface area contributed by atoms with E-state index < -0.39 is 0 Å². The smallest absolute Gasteiger partial charge is 0.0961 e. The summed E-state index contributed by atoms with van der Waals surface area (Å²) in [4.78, 5) is 4.49. The summed E-state index contributed by atoms with van der Waals surface area (Å²) in [6, 6.07) is 10.6. The van der Waals surface area contributed by atoms with Crippen molar-refractivity contribution in [1.82, 2.24) is 9.55 Å². The third kappa shape index (κ3) is 2.32. The summed E-state index contributed by atoms with van der Waals surface area (Å²) >= 11 is 6.19. The number of imidazole rings is 1. The molecule has 0 fully saturated rings. The Morgan fingerprint density at radius 2 is 1.75 bits per heavy atom. The molecule has 20 heavy (non-hydrogen) atoms. The monoisotopic (exact) mass is 284 g/mol. The minimum absolute atomic E-state index is 0.791. The average Bonchev–Trinajstić information content (AvgIpc) is 2.77. The van der Waals surface area contributed by atoms with Crippen molar-refractivity contribution >= 4 is 22.6 Å². The van der Waals surface area contributed by atoms with E-state index in [0.717, 1.165) is 22.6 Å². The number of benzene rings is 2. The molecule has 2 nitrogen and oxygen atoms in total. The molecule has 3 rings (SSSR count). The summed E-state index contributed by atoms with van der Waals surface area (Å²) in [5.41, 5.74) is 7.09. The first kappa shape index (κ1) is 13.2. The van der Waals surface area contributed by atoms with Crippen LogP contribution in [-0.4, -0.2) is 9.55 Å².